The number of rotatable bonds is 10. The molecule has 10 heteroatoms. The lowest BCUT2D eigenvalue weighted by molar-refractivity contribution is -0.727. The van der Waals surface area contributed by atoms with Gasteiger partial charge in [0.1, 0.15) is 13.2 Å². The normalized spacial score (nSPS) is 12.8. The summed E-state index contributed by atoms with van der Waals surface area (Å²) in [6.07, 6.45) is 4.87. The number of ether oxygens (including phenoxy) is 3. The van der Waals surface area contributed by atoms with Crippen LogP contribution in [0.4, 0.5) is 9.59 Å². The molecule has 2 aromatic rings. The average molecular weight is 544 g/mol. The van der Waals surface area contributed by atoms with Gasteiger partial charge in [-0.1, -0.05) is 20.8 Å². The standard InChI is InChI=1S/C29H42N4O6/c1-19(2)30-27(35)37-16-22-23(17-38-28(36)31-20(3)4)26(33-12-8-9-24(22)33)21-10-13-32(14-11-21)18-39-25(34)15-29(5,6)7/h10-11,13-14,19-20H,8-9,12,15-18H2,1-7H3,(H-,30,31,35,36)/p+1. The highest BCUT2D eigenvalue weighted by Gasteiger charge is 2.29. The number of amides is 2. The van der Waals surface area contributed by atoms with Gasteiger partial charge in [0.25, 0.3) is 6.73 Å². The largest absolute Gasteiger partial charge is 0.445 e. The van der Waals surface area contributed by atoms with Gasteiger partial charge in [0, 0.05) is 53.1 Å². The fraction of sp³-hybridized carbons (Fsp3) is 0.586. The van der Waals surface area contributed by atoms with Crippen LogP contribution < -0.4 is 15.2 Å². The minimum Gasteiger partial charge on any atom is -0.445 e. The van der Waals surface area contributed by atoms with Crippen LogP contribution in [0.3, 0.4) is 0 Å². The smallest absolute Gasteiger partial charge is 0.407 e. The summed E-state index contributed by atoms with van der Waals surface area (Å²) in [6.45, 7) is 14.5. The van der Waals surface area contributed by atoms with Gasteiger partial charge in [-0.25, -0.2) is 9.59 Å². The molecule has 10 nitrogen and oxygen atoms in total. The van der Waals surface area contributed by atoms with Gasteiger partial charge in [-0.05, 0) is 46.0 Å². The molecule has 0 unspecified atom stereocenters. The second-order valence-electron chi connectivity index (χ2n) is 11.7. The number of hydrogen-bond acceptors (Lipinski definition) is 6. The van der Waals surface area contributed by atoms with Crippen LogP contribution in [0.2, 0.25) is 0 Å². The van der Waals surface area contributed by atoms with E-state index in [1.807, 2.05) is 73.0 Å². The summed E-state index contributed by atoms with van der Waals surface area (Å²) in [7, 11) is 0. The number of carbonyl (C=O) groups excluding carboxylic acids is 3. The van der Waals surface area contributed by atoms with Crippen LogP contribution in [-0.2, 0) is 51.9 Å². The Morgan fingerprint density at radius 1 is 0.923 bits per heavy atom. The second-order valence-corrected chi connectivity index (χ2v) is 11.7. The van der Waals surface area contributed by atoms with Crippen LogP contribution >= 0.6 is 0 Å². The van der Waals surface area contributed by atoms with E-state index in [0.29, 0.717) is 6.42 Å². The van der Waals surface area contributed by atoms with Crippen molar-refractivity contribution in [2.75, 3.05) is 0 Å². The van der Waals surface area contributed by atoms with E-state index in [9.17, 15) is 14.4 Å². The first-order valence-corrected chi connectivity index (χ1v) is 13.6. The molecule has 2 amide bonds. The van der Waals surface area contributed by atoms with Gasteiger partial charge >= 0.3 is 18.2 Å². The molecule has 3 rings (SSSR count). The number of pyridine rings is 1. The van der Waals surface area contributed by atoms with Crippen LogP contribution in [0.25, 0.3) is 11.3 Å². The molecule has 0 fully saturated rings. The molecule has 0 spiro atoms. The van der Waals surface area contributed by atoms with E-state index < -0.39 is 12.2 Å². The molecule has 0 atom stereocenters. The molecule has 0 saturated carbocycles. The first kappa shape index (κ1) is 30.0. The maximum absolute atomic E-state index is 12.3. The predicted molar refractivity (Wildman–Crippen MR) is 145 cm³/mol. The maximum atomic E-state index is 12.3. The monoisotopic (exact) mass is 543 g/mol. The predicted octanol–water partition coefficient (Wildman–Crippen LogP) is 4.59. The van der Waals surface area contributed by atoms with Crippen molar-refractivity contribution >= 4 is 18.2 Å². The number of hydrogen-bond donors (Lipinski definition) is 2. The van der Waals surface area contributed by atoms with Crippen molar-refractivity contribution in [1.29, 1.82) is 0 Å². The lowest BCUT2D eigenvalue weighted by Gasteiger charge is -2.15. The van der Waals surface area contributed by atoms with Crippen molar-refractivity contribution in [3.63, 3.8) is 0 Å². The number of fused-ring (bicyclic) bond motifs is 1. The van der Waals surface area contributed by atoms with E-state index in [2.05, 4.69) is 15.2 Å². The van der Waals surface area contributed by atoms with E-state index in [-0.39, 0.29) is 43.4 Å². The lowest BCUT2D eigenvalue weighted by Crippen LogP contribution is -2.35. The molecule has 2 N–H and O–H groups in total. The number of aromatic nitrogens is 2. The Labute approximate surface area is 231 Å². The summed E-state index contributed by atoms with van der Waals surface area (Å²) < 4.78 is 20.6. The molecule has 214 valence electrons. The Morgan fingerprint density at radius 2 is 1.49 bits per heavy atom. The SMILES string of the molecule is CC(C)NC(=O)OCc1c(COC(=O)NC(C)C)c(-c2cc[n+](COC(=O)CC(C)(C)C)cc2)n2c1CCC2. The van der Waals surface area contributed by atoms with Gasteiger partial charge in [0.05, 0.1) is 12.1 Å². The molecular weight excluding hydrogens is 500 g/mol. The Morgan fingerprint density at radius 3 is 2.03 bits per heavy atom. The molecule has 0 saturated heterocycles. The zero-order chi connectivity index (χ0) is 28.7. The topological polar surface area (TPSA) is 112 Å². The number of nitrogens with zero attached hydrogens (tertiary/aromatic N) is 2. The third-order valence-corrected chi connectivity index (χ3v) is 6.11. The van der Waals surface area contributed by atoms with Gasteiger partial charge in [-0.2, -0.15) is 4.57 Å². The Balaban J connectivity index is 1.87. The molecule has 1 aliphatic rings. The third kappa shape index (κ3) is 8.73. The van der Waals surface area contributed by atoms with Crippen LogP contribution in [0, 0.1) is 5.41 Å². The average Bonchev–Trinajstić information content (AvgIpc) is 3.39. The zero-order valence-electron chi connectivity index (χ0n) is 24.3. The summed E-state index contributed by atoms with van der Waals surface area (Å²) in [4.78, 5) is 36.7. The van der Waals surface area contributed by atoms with Gasteiger partial charge in [-0.15, -0.1) is 0 Å². The van der Waals surface area contributed by atoms with Crippen molar-refractivity contribution < 1.29 is 33.2 Å². The molecule has 1 aliphatic heterocycles. The van der Waals surface area contributed by atoms with Crippen molar-refractivity contribution in [1.82, 2.24) is 15.2 Å². The van der Waals surface area contributed by atoms with Gasteiger partial charge in [0.15, 0.2) is 12.4 Å². The van der Waals surface area contributed by atoms with E-state index in [1.54, 1.807) is 4.57 Å². The van der Waals surface area contributed by atoms with E-state index in [1.165, 1.54) is 0 Å². The molecule has 0 radical (unpaired) electrons. The Hall–Kier alpha value is -3.56. The number of carbonyl (C=O) groups is 3. The molecule has 0 aliphatic carbocycles. The van der Waals surface area contributed by atoms with Crippen molar-refractivity contribution in [3.05, 3.63) is 41.3 Å². The van der Waals surface area contributed by atoms with Crippen LogP contribution in [-0.4, -0.2) is 34.8 Å². The summed E-state index contributed by atoms with van der Waals surface area (Å²) in [6, 6.07) is 3.80. The minimum absolute atomic E-state index is 0.0394. The summed E-state index contributed by atoms with van der Waals surface area (Å²) in [5.41, 5.74) is 4.48. The minimum atomic E-state index is -0.505. The summed E-state index contributed by atoms with van der Waals surface area (Å²) >= 11 is 0. The maximum Gasteiger partial charge on any atom is 0.407 e. The highest BCUT2D eigenvalue weighted by molar-refractivity contribution is 5.71. The van der Waals surface area contributed by atoms with Crippen molar-refractivity contribution in [3.8, 4) is 11.3 Å². The van der Waals surface area contributed by atoms with Gasteiger partial charge < -0.3 is 29.4 Å². The molecule has 0 aromatic carbocycles. The molecule has 3 heterocycles. The summed E-state index contributed by atoms with van der Waals surface area (Å²) in [5, 5.41) is 5.50. The van der Waals surface area contributed by atoms with Crippen molar-refractivity contribution in [2.24, 2.45) is 5.41 Å². The van der Waals surface area contributed by atoms with Gasteiger partial charge in [-0.3, -0.25) is 4.79 Å². The van der Waals surface area contributed by atoms with Crippen LogP contribution in [0.5, 0.6) is 0 Å². The van der Waals surface area contributed by atoms with E-state index in [4.69, 9.17) is 14.2 Å². The first-order valence-electron chi connectivity index (χ1n) is 13.6. The summed E-state index contributed by atoms with van der Waals surface area (Å²) in [5.74, 6) is -0.242. The third-order valence-electron chi connectivity index (χ3n) is 6.11. The fourth-order valence-corrected chi connectivity index (χ4v) is 4.53. The molecule has 39 heavy (non-hydrogen) atoms. The van der Waals surface area contributed by atoms with E-state index >= 15 is 0 Å². The van der Waals surface area contributed by atoms with Crippen LogP contribution in [0.15, 0.2) is 24.5 Å². The van der Waals surface area contributed by atoms with Crippen LogP contribution in [0.1, 0.15) is 78.1 Å². The number of nitrogens with one attached hydrogen (secondary N) is 2. The Kier molecular flexibility index (Phi) is 9.99. The Bertz CT molecular complexity index is 1160. The zero-order valence-corrected chi connectivity index (χ0v) is 24.3. The highest BCUT2D eigenvalue weighted by atomic mass is 16.6. The number of alkyl carbamates (subject to hydrolysis) is 2. The quantitative estimate of drug-likeness (QED) is 0.258. The molecule has 0 bridgehead atoms. The number of esters is 1. The molecular formula is C29H43N4O6+. The highest BCUT2D eigenvalue weighted by Crippen LogP contribution is 2.37. The fourth-order valence-electron chi connectivity index (χ4n) is 4.53. The van der Waals surface area contributed by atoms with Crippen molar-refractivity contribution in [2.45, 2.75) is 106 Å². The first-order chi connectivity index (χ1) is 18.3. The van der Waals surface area contributed by atoms with E-state index in [0.717, 1.165) is 47.5 Å². The molecule has 2 aromatic heterocycles. The lowest BCUT2D eigenvalue weighted by atomic mass is 9.93. The second kappa shape index (κ2) is 13.0. The van der Waals surface area contributed by atoms with Gasteiger partial charge in [0.2, 0.25) is 0 Å².